The van der Waals surface area contributed by atoms with Gasteiger partial charge in [-0.2, -0.15) is 0 Å². The predicted molar refractivity (Wildman–Crippen MR) is 79.6 cm³/mol. The fourth-order valence-corrected chi connectivity index (χ4v) is 2.16. The standard InChI is InChI=1S/C14H14Cl2FNO4/c1-4-21-6-8(14(20)22-5-2)11(19)9-7(3)10(17)13(16)18-12(9)15/h6H,4-5H2,1-3H3/b8-6-. The van der Waals surface area contributed by atoms with Gasteiger partial charge in [0.15, 0.2) is 11.0 Å². The largest absolute Gasteiger partial charge is 0.500 e. The van der Waals surface area contributed by atoms with Crippen molar-refractivity contribution in [1.29, 1.82) is 0 Å². The van der Waals surface area contributed by atoms with Gasteiger partial charge in [0.1, 0.15) is 17.0 Å². The zero-order valence-corrected chi connectivity index (χ0v) is 13.7. The molecule has 0 radical (unpaired) electrons. The van der Waals surface area contributed by atoms with Crippen molar-refractivity contribution in [2.24, 2.45) is 0 Å². The van der Waals surface area contributed by atoms with Gasteiger partial charge in [-0.1, -0.05) is 23.2 Å². The van der Waals surface area contributed by atoms with Crippen LogP contribution in [0.1, 0.15) is 29.8 Å². The van der Waals surface area contributed by atoms with Crippen molar-refractivity contribution in [2.45, 2.75) is 20.8 Å². The van der Waals surface area contributed by atoms with E-state index in [2.05, 4.69) is 4.98 Å². The second-order valence-electron chi connectivity index (χ2n) is 4.04. The van der Waals surface area contributed by atoms with E-state index in [4.69, 9.17) is 32.7 Å². The van der Waals surface area contributed by atoms with Crippen LogP contribution in [-0.4, -0.2) is 30.0 Å². The van der Waals surface area contributed by atoms with Crippen molar-refractivity contribution < 1.29 is 23.5 Å². The molecule has 0 aliphatic carbocycles. The lowest BCUT2D eigenvalue weighted by Gasteiger charge is -2.11. The molecule has 1 rings (SSSR count). The van der Waals surface area contributed by atoms with Crippen LogP contribution >= 0.6 is 23.2 Å². The Morgan fingerprint density at radius 2 is 1.86 bits per heavy atom. The fraction of sp³-hybridized carbons (Fsp3) is 0.357. The maximum Gasteiger partial charge on any atom is 0.345 e. The van der Waals surface area contributed by atoms with E-state index in [9.17, 15) is 14.0 Å². The molecule has 8 heteroatoms. The Kier molecular flexibility index (Phi) is 6.77. The molecule has 0 N–H and O–H groups in total. The van der Waals surface area contributed by atoms with E-state index < -0.39 is 28.3 Å². The Labute approximate surface area is 137 Å². The van der Waals surface area contributed by atoms with Crippen molar-refractivity contribution in [3.63, 3.8) is 0 Å². The SMILES string of the molecule is CCO/C=C(\C(=O)OCC)C(=O)c1c(Cl)nc(Cl)c(F)c1C. The molecule has 22 heavy (non-hydrogen) atoms. The molecule has 0 saturated carbocycles. The molecule has 0 atom stereocenters. The summed E-state index contributed by atoms with van der Waals surface area (Å²) in [7, 11) is 0. The number of ether oxygens (including phenoxy) is 2. The third-order valence-electron chi connectivity index (χ3n) is 2.62. The number of halogens is 3. The Hall–Kier alpha value is -1.66. The fourth-order valence-electron chi connectivity index (χ4n) is 1.58. The first-order valence-electron chi connectivity index (χ1n) is 6.39. The quantitative estimate of drug-likeness (QED) is 0.149. The van der Waals surface area contributed by atoms with Crippen LogP contribution in [-0.2, 0) is 14.3 Å². The molecule has 0 amide bonds. The van der Waals surface area contributed by atoms with Crippen molar-refractivity contribution in [3.05, 3.63) is 39.1 Å². The number of carbonyl (C=O) groups excluding carboxylic acids is 2. The highest BCUT2D eigenvalue weighted by Gasteiger charge is 2.28. The number of aromatic nitrogens is 1. The molecule has 0 aliphatic heterocycles. The minimum Gasteiger partial charge on any atom is -0.500 e. The highest BCUT2D eigenvalue weighted by Crippen LogP contribution is 2.27. The first-order chi connectivity index (χ1) is 10.3. The van der Waals surface area contributed by atoms with Gasteiger partial charge in [-0.3, -0.25) is 4.79 Å². The lowest BCUT2D eigenvalue weighted by atomic mass is 10.0. The van der Waals surface area contributed by atoms with Crippen LogP contribution in [0.15, 0.2) is 11.8 Å². The summed E-state index contributed by atoms with van der Waals surface area (Å²) < 4.78 is 23.6. The van der Waals surface area contributed by atoms with E-state index in [1.165, 1.54) is 6.92 Å². The lowest BCUT2D eigenvalue weighted by molar-refractivity contribution is -0.138. The topological polar surface area (TPSA) is 65.5 Å². The normalized spacial score (nSPS) is 11.3. The minimum absolute atomic E-state index is 0.0650. The van der Waals surface area contributed by atoms with E-state index >= 15 is 0 Å². The summed E-state index contributed by atoms with van der Waals surface area (Å²) in [4.78, 5) is 27.9. The second kappa shape index (κ2) is 8.10. The van der Waals surface area contributed by atoms with Crippen molar-refractivity contribution >= 4 is 35.0 Å². The summed E-state index contributed by atoms with van der Waals surface area (Å²) in [5.74, 6) is -2.63. The highest BCUT2D eigenvalue weighted by molar-refractivity contribution is 6.37. The molecule has 0 unspecified atom stereocenters. The monoisotopic (exact) mass is 349 g/mol. The number of Topliss-reactive ketones (excluding diaryl/α,β-unsaturated/α-hetero) is 1. The Balaban J connectivity index is 3.37. The van der Waals surface area contributed by atoms with E-state index in [-0.39, 0.29) is 29.5 Å². The van der Waals surface area contributed by atoms with E-state index in [1.807, 2.05) is 0 Å². The third kappa shape index (κ3) is 3.96. The summed E-state index contributed by atoms with van der Waals surface area (Å²) in [5, 5.41) is -0.758. The van der Waals surface area contributed by atoms with Crippen LogP contribution in [0.5, 0.6) is 0 Å². The zero-order chi connectivity index (χ0) is 16.9. The van der Waals surface area contributed by atoms with Crippen LogP contribution in [0, 0.1) is 12.7 Å². The van der Waals surface area contributed by atoms with Gasteiger partial charge in [0.05, 0.1) is 18.8 Å². The molecule has 1 heterocycles. The van der Waals surface area contributed by atoms with E-state index in [1.54, 1.807) is 13.8 Å². The summed E-state index contributed by atoms with van der Waals surface area (Å²) in [6, 6.07) is 0. The molecule has 0 fully saturated rings. The maximum absolute atomic E-state index is 13.8. The summed E-state index contributed by atoms with van der Waals surface area (Å²) in [6.45, 7) is 4.87. The van der Waals surface area contributed by atoms with Crippen molar-refractivity contribution in [1.82, 2.24) is 4.98 Å². The Morgan fingerprint density at radius 1 is 1.23 bits per heavy atom. The van der Waals surface area contributed by atoms with Gasteiger partial charge in [-0.15, -0.1) is 0 Å². The third-order valence-corrected chi connectivity index (χ3v) is 3.15. The van der Waals surface area contributed by atoms with Crippen LogP contribution in [0.3, 0.4) is 0 Å². The number of ketones is 1. The molecule has 0 saturated heterocycles. The number of hydrogen-bond donors (Lipinski definition) is 0. The van der Waals surface area contributed by atoms with Gasteiger partial charge < -0.3 is 9.47 Å². The number of carbonyl (C=O) groups is 2. The van der Waals surface area contributed by atoms with E-state index in [0.29, 0.717) is 0 Å². The molecule has 1 aromatic rings. The maximum atomic E-state index is 13.8. The summed E-state index contributed by atoms with van der Waals surface area (Å²) >= 11 is 11.4. The van der Waals surface area contributed by atoms with Crippen LogP contribution in [0.2, 0.25) is 10.3 Å². The average molecular weight is 350 g/mol. The van der Waals surface area contributed by atoms with Crippen molar-refractivity contribution in [3.8, 4) is 0 Å². The number of rotatable bonds is 6. The number of esters is 1. The van der Waals surface area contributed by atoms with Crippen LogP contribution < -0.4 is 0 Å². The van der Waals surface area contributed by atoms with Gasteiger partial charge in [0.25, 0.3) is 0 Å². The first-order valence-corrected chi connectivity index (χ1v) is 7.15. The molecule has 0 aromatic carbocycles. The molecular weight excluding hydrogens is 336 g/mol. The molecule has 0 aliphatic rings. The Morgan fingerprint density at radius 3 is 2.41 bits per heavy atom. The number of nitrogens with zero attached hydrogens (tertiary/aromatic N) is 1. The zero-order valence-electron chi connectivity index (χ0n) is 12.2. The first kappa shape index (κ1) is 18.4. The van der Waals surface area contributed by atoms with Crippen molar-refractivity contribution in [2.75, 3.05) is 13.2 Å². The molecule has 0 bridgehead atoms. The van der Waals surface area contributed by atoms with Gasteiger partial charge in [-0.25, -0.2) is 14.2 Å². The summed E-state index contributed by atoms with van der Waals surface area (Å²) in [6.07, 6.45) is 0.961. The van der Waals surface area contributed by atoms with Crippen LogP contribution in [0.4, 0.5) is 4.39 Å². The number of pyridine rings is 1. The van der Waals surface area contributed by atoms with E-state index in [0.717, 1.165) is 6.26 Å². The predicted octanol–water partition coefficient (Wildman–Crippen LogP) is 3.50. The minimum atomic E-state index is -0.897. The highest BCUT2D eigenvalue weighted by atomic mass is 35.5. The molecule has 120 valence electrons. The van der Waals surface area contributed by atoms with Gasteiger partial charge in [0.2, 0.25) is 5.78 Å². The van der Waals surface area contributed by atoms with Crippen LogP contribution in [0.25, 0.3) is 0 Å². The molecule has 5 nitrogen and oxygen atoms in total. The average Bonchev–Trinajstić information content (AvgIpc) is 2.45. The number of hydrogen-bond acceptors (Lipinski definition) is 5. The second-order valence-corrected chi connectivity index (χ2v) is 4.76. The van der Waals surface area contributed by atoms with Gasteiger partial charge in [-0.05, 0) is 20.8 Å². The van der Waals surface area contributed by atoms with Gasteiger partial charge >= 0.3 is 5.97 Å². The lowest BCUT2D eigenvalue weighted by Crippen LogP contribution is -2.19. The molecule has 0 spiro atoms. The van der Waals surface area contributed by atoms with Gasteiger partial charge in [0, 0.05) is 5.56 Å². The molecular formula is C14H14Cl2FNO4. The summed E-state index contributed by atoms with van der Waals surface area (Å²) in [5.41, 5.74) is -0.776. The Bertz CT molecular complexity index is 632. The molecule has 1 aromatic heterocycles. The smallest absolute Gasteiger partial charge is 0.345 e.